The average Bonchev–Trinajstić information content (AvgIpc) is 2.81. The number of alkyl halides is 3. The van der Waals surface area contributed by atoms with E-state index in [9.17, 15) is 17.6 Å². The van der Waals surface area contributed by atoms with Gasteiger partial charge in [0.2, 0.25) is 0 Å². The summed E-state index contributed by atoms with van der Waals surface area (Å²) in [5.41, 5.74) is 5.32. The van der Waals surface area contributed by atoms with Crippen molar-refractivity contribution < 1.29 is 17.6 Å². The SMILES string of the molecule is CCCc1nc(-c2cc(C(F)(F)F)ccc2F)sc1CN. The minimum absolute atomic E-state index is 0.133. The van der Waals surface area contributed by atoms with Crippen molar-refractivity contribution in [3.8, 4) is 10.6 Å². The summed E-state index contributed by atoms with van der Waals surface area (Å²) >= 11 is 1.14. The molecule has 0 saturated heterocycles. The van der Waals surface area contributed by atoms with Gasteiger partial charge in [-0.15, -0.1) is 11.3 Å². The third-order valence-electron chi connectivity index (χ3n) is 2.97. The topological polar surface area (TPSA) is 38.9 Å². The zero-order valence-corrected chi connectivity index (χ0v) is 12.1. The van der Waals surface area contributed by atoms with Gasteiger partial charge in [-0.1, -0.05) is 13.3 Å². The fourth-order valence-electron chi connectivity index (χ4n) is 1.96. The number of nitrogens with two attached hydrogens (primary N) is 1. The van der Waals surface area contributed by atoms with E-state index in [1.165, 1.54) is 0 Å². The predicted molar refractivity (Wildman–Crippen MR) is 74.4 cm³/mol. The molecule has 0 unspecified atom stereocenters. The lowest BCUT2D eigenvalue weighted by Crippen LogP contribution is -2.05. The highest BCUT2D eigenvalue weighted by Gasteiger charge is 2.31. The molecule has 0 radical (unpaired) electrons. The number of hydrogen-bond acceptors (Lipinski definition) is 3. The first-order chi connectivity index (χ1) is 9.86. The molecule has 2 N–H and O–H groups in total. The van der Waals surface area contributed by atoms with Gasteiger partial charge in [0.05, 0.1) is 11.3 Å². The molecule has 0 aliphatic rings. The molecular formula is C14H14F4N2S. The van der Waals surface area contributed by atoms with Gasteiger partial charge in [-0.05, 0) is 24.6 Å². The molecule has 0 bridgehead atoms. The first kappa shape index (κ1) is 15.9. The number of thiazole rings is 1. The van der Waals surface area contributed by atoms with E-state index >= 15 is 0 Å². The summed E-state index contributed by atoms with van der Waals surface area (Å²) in [5, 5.41) is 0.238. The van der Waals surface area contributed by atoms with Gasteiger partial charge in [0.25, 0.3) is 0 Å². The summed E-state index contributed by atoms with van der Waals surface area (Å²) in [4.78, 5) is 5.04. The van der Waals surface area contributed by atoms with Crippen LogP contribution in [0.2, 0.25) is 0 Å². The van der Waals surface area contributed by atoms with Crippen LogP contribution in [0.4, 0.5) is 17.6 Å². The molecule has 0 atom stereocenters. The van der Waals surface area contributed by atoms with Crippen molar-refractivity contribution in [3.63, 3.8) is 0 Å². The maximum absolute atomic E-state index is 13.8. The zero-order valence-electron chi connectivity index (χ0n) is 11.3. The van der Waals surface area contributed by atoms with Crippen molar-refractivity contribution in [3.05, 3.63) is 40.2 Å². The molecule has 0 fully saturated rings. The Labute approximate surface area is 123 Å². The highest BCUT2D eigenvalue weighted by atomic mass is 32.1. The summed E-state index contributed by atoms with van der Waals surface area (Å²) in [6, 6.07) is 2.34. The Morgan fingerprint density at radius 1 is 1.29 bits per heavy atom. The predicted octanol–water partition coefficient (Wildman–Crippen LogP) is 4.38. The standard InChI is InChI=1S/C14H14F4N2S/c1-2-3-11-12(7-19)21-13(20-11)9-6-8(14(16,17)18)4-5-10(9)15/h4-6H,2-3,7,19H2,1H3. The molecular weight excluding hydrogens is 304 g/mol. The highest BCUT2D eigenvalue weighted by molar-refractivity contribution is 7.15. The van der Waals surface area contributed by atoms with Gasteiger partial charge in [-0.3, -0.25) is 0 Å². The second-order valence-corrected chi connectivity index (χ2v) is 5.62. The van der Waals surface area contributed by atoms with Crippen LogP contribution in [0.1, 0.15) is 29.5 Å². The number of halogens is 4. The Morgan fingerprint density at radius 3 is 2.57 bits per heavy atom. The number of benzene rings is 1. The fourth-order valence-corrected chi connectivity index (χ4v) is 2.96. The summed E-state index contributed by atoms with van der Waals surface area (Å²) in [6.45, 7) is 2.21. The smallest absolute Gasteiger partial charge is 0.326 e. The van der Waals surface area contributed by atoms with Gasteiger partial charge < -0.3 is 5.73 Å². The summed E-state index contributed by atoms with van der Waals surface area (Å²) < 4.78 is 52.0. The van der Waals surface area contributed by atoms with Gasteiger partial charge >= 0.3 is 6.18 Å². The Bertz CT molecular complexity index is 634. The van der Waals surface area contributed by atoms with E-state index in [0.29, 0.717) is 6.42 Å². The van der Waals surface area contributed by atoms with Crippen molar-refractivity contribution in [1.82, 2.24) is 4.98 Å². The van der Waals surface area contributed by atoms with E-state index in [4.69, 9.17) is 5.73 Å². The van der Waals surface area contributed by atoms with Crippen molar-refractivity contribution >= 4 is 11.3 Å². The lowest BCUT2D eigenvalue weighted by molar-refractivity contribution is -0.137. The van der Waals surface area contributed by atoms with Crippen LogP contribution in [0.25, 0.3) is 10.6 Å². The molecule has 0 spiro atoms. The molecule has 1 aromatic heterocycles. The average molecular weight is 318 g/mol. The molecule has 2 rings (SSSR count). The van der Waals surface area contributed by atoms with E-state index in [1.807, 2.05) is 6.92 Å². The van der Waals surface area contributed by atoms with E-state index < -0.39 is 17.6 Å². The summed E-state index contributed by atoms with van der Waals surface area (Å²) in [7, 11) is 0. The number of aryl methyl sites for hydroxylation is 1. The first-order valence-electron chi connectivity index (χ1n) is 6.42. The van der Waals surface area contributed by atoms with Crippen molar-refractivity contribution in [1.29, 1.82) is 0 Å². The largest absolute Gasteiger partial charge is 0.416 e. The zero-order chi connectivity index (χ0) is 15.6. The minimum Gasteiger partial charge on any atom is -0.326 e. The van der Waals surface area contributed by atoms with E-state index in [2.05, 4.69) is 4.98 Å². The van der Waals surface area contributed by atoms with E-state index in [-0.39, 0.29) is 17.1 Å². The second kappa shape index (κ2) is 6.11. The molecule has 2 nitrogen and oxygen atoms in total. The Kier molecular flexibility index (Phi) is 4.63. The fraction of sp³-hybridized carbons (Fsp3) is 0.357. The molecule has 114 valence electrons. The van der Waals surface area contributed by atoms with Crippen LogP contribution in [0.3, 0.4) is 0 Å². The lowest BCUT2D eigenvalue weighted by Gasteiger charge is -2.08. The van der Waals surface area contributed by atoms with Gasteiger partial charge in [0.1, 0.15) is 10.8 Å². The molecule has 0 aliphatic carbocycles. The van der Waals surface area contributed by atoms with Crippen LogP contribution in [0.5, 0.6) is 0 Å². The Balaban J connectivity index is 2.51. The molecule has 2 aromatic rings. The van der Waals surface area contributed by atoms with Crippen molar-refractivity contribution in [2.75, 3.05) is 0 Å². The molecule has 7 heteroatoms. The number of aromatic nitrogens is 1. The number of rotatable bonds is 4. The Morgan fingerprint density at radius 2 is 2.00 bits per heavy atom. The van der Waals surface area contributed by atoms with Crippen LogP contribution < -0.4 is 5.73 Å². The molecule has 1 heterocycles. The monoisotopic (exact) mass is 318 g/mol. The molecule has 1 aromatic carbocycles. The molecule has 0 aliphatic heterocycles. The Hall–Kier alpha value is -1.47. The maximum Gasteiger partial charge on any atom is 0.416 e. The highest BCUT2D eigenvalue weighted by Crippen LogP contribution is 2.35. The van der Waals surface area contributed by atoms with Crippen LogP contribution in [-0.2, 0) is 19.1 Å². The molecule has 21 heavy (non-hydrogen) atoms. The van der Waals surface area contributed by atoms with Gasteiger partial charge in [-0.2, -0.15) is 13.2 Å². The number of nitrogens with zero attached hydrogens (tertiary/aromatic N) is 1. The minimum atomic E-state index is -4.51. The van der Waals surface area contributed by atoms with E-state index in [1.54, 1.807) is 0 Å². The van der Waals surface area contributed by atoms with Gasteiger partial charge in [0.15, 0.2) is 0 Å². The van der Waals surface area contributed by atoms with Gasteiger partial charge in [-0.25, -0.2) is 9.37 Å². The van der Waals surface area contributed by atoms with Crippen LogP contribution in [0, 0.1) is 5.82 Å². The first-order valence-corrected chi connectivity index (χ1v) is 7.24. The third kappa shape index (κ3) is 3.41. The molecule has 0 saturated carbocycles. The van der Waals surface area contributed by atoms with E-state index in [0.717, 1.165) is 46.5 Å². The van der Waals surface area contributed by atoms with Crippen molar-refractivity contribution in [2.45, 2.75) is 32.5 Å². The van der Waals surface area contributed by atoms with Crippen molar-refractivity contribution in [2.24, 2.45) is 5.73 Å². The normalized spacial score (nSPS) is 11.9. The van der Waals surface area contributed by atoms with Crippen LogP contribution in [0.15, 0.2) is 18.2 Å². The molecule has 0 amide bonds. The number of hydrogen-bond donors (Lipinski definition) is 1. The van der Waals surface area contributed by atoms with Gasteiger partial charge in [0, 0.05) is 17.0 Å². The lowest BCUT2D eigenvalue weighted by atomic mass is 10.1. The summed E-state index contributed by atoms with van der Waals surface area (Å²) in [6.07, 6.45) is -3.01. The van der Waals surface area contributed by atoms with Crippen LogP contribution >= 0.6 is 11.3 Å². The maximum atomic E-state index is 13.8. The quantitative estimate of drug-likeness (QED) is 0.850. The second-order valence-electron chi connectivity index (χ2n) is 4.54. The third-order valence-corrected chi connectivity index (χ3v) is 4.13. The summed E-state index contributed by atoms with van der Waals surface area (Å²) in [5.74, 6) is -0.719. The van der Waals surface area contributed by atoms with Crippen LogP contribution in [-0.4, -0.2) is 4.98 Å².